The molecule has 1 rings (SSSR count). The minimum absolute atomic E-state index is 0.0102. The van der Waals surface area contributed by atoms with Gasteiger partial charge in [-0.25, -0.2) is 0 Å². The van der Waals surface area contributed by atoms with Gasteiger partial charge in [0, 0.05) is 18.9 Å². The fourth-order valence-corrected chi connectivity index (χ4v) is 1.80. The molecule has 92 valence electrons. The zero-order valence-corrected chi connectivity index (χ0v) is 10.4. The first kappa shape index (κ1) is 13.5. The molecule has 0 amide bonds. The van der Waals surface area contributed by atoms with E-state index in [9.17, 15) is 0 Å². The maximum Gasteiger partial charge on any atom is 0.159 e. The molecule has 16 heavy (non-hydrogen) atoms. The molecule has 1 unspecified atom stereocenters. The van der Waals surface area contributed by atoms with E-state index in [4.69, 9.17) is 9.47 Å². The molecule has 1 saturated heterocycles. The number of rotatable bonds is 7. The van der Waals surface area contributed by atoms with E-state index in [2.05, 4.69) is 24.1 Å². The van der Waals surface area contributed by atoms with Gasteiger partial charge in [0.1, 0.15) is 0 Å². The maximum absolute atomic E-state index is 5.47. The van der Waals surface area contributed by atoms with E-state index in [0.717, 1.165) is 45.4 Å². The molecule has 3 heteroatoms. The van der Waals surface area contributed by atoms with Gasteiger partial charge < -0.3 is 14.8 Å². The first-order chi connectivity index (χ1) is 7.86. The smallest absolute Gasteiger partial charge is 0.159 e. The van der Waals surface area contributed by atoms with Gasteiger partial charge in [0.2, 0.25) is 0 Å². The summed E-state index contributed by atoms with van der Waals surface area (Å²) in [6, 6.07) is 0.462. The molecule has 0 saturated carbocycles. The van der Waals surface area contributed by atoms with Crippen LogP contribution in [-0.2, 0) is 9.47 Å². The number of nitrogens with one attached hydrogen (secondary N) is 1. The van der Waals surface area contributed by atoms with E-state index in [1.165, 1.54) is 0 Å². The van der Waals surface area contributed by atoms with Crippen LogP contribution in [0, 0.1) is 11.8 Å². The van der Waals surface area contributed by atoms with Crippen molar-refractivity contribution < 1.29 is 9.47 Å². The molecule has 0 aromatic rings. The Morgan fingerprint density at radius 1 is 1.38 bits per heavy atom. The fourth-order valence-electron chi connectivity index (χ4n) is 1.80. The van der Waals surface area contributed by atoms with Crippen LogP contribution >= 0.6 is 0 Å². The maximum atomic E-state index is 5.47. The topological polar surface area (TPSA) is 30.5 Å². The van der Waals surface area contributed by atoms with Crippen molar-refractivity contribution >= 4 is 0 Å². The van der Waals surface area contributed by atoms with Gasteiger partial charge in [-0.05, 0) is 26.3 Å². The van der Waals surface area contributed by atoms with E-state index in [0.29, 0.717) is 6.04 Å². The van der Waals surface area contributed by atoms with E-state index in [1.807, 2.05) is 6.92 Å². The molecular formula is C13H23NO2. The molecule has 1 aliphatic rings. The third-order valence-corrected chi connectivity index (χ3v) is 2.65. The summed E-state index contributed by atoms with van der Waals surface area (Å²) in [6.45, 7) is 6.59. The van der Waals surface area contributed by atoms with Gasteiger partial charge in [0.25, 0.3) is 0 Å². The highest BCUT2D eigenvalue weighted by Crippen LogP contribution is 2.13. The molecule has 0 aromatic heterocycles. The number of hydrogen-bond acceptors (Lipinski definition) is 3. The van der Waals surface area contributed by atoms with E-state index >= 15 is 0 Å². The van der Waals surface area contributed by atoms with Crippen LogP contribution in [0.3, 0.4) is 0 Å². The second-order valence-corrected chi connectivity index (χ2v) is 4.02. The number of hydrogen-bond donors (Lipinski definition) is 1. The minimum atomic E-state index is -0.0102. The molecule has 1 atom stereocenters. The summed E-state index contributed by atoms with van der Waals surface area (Å²) >= 11 is 0. The van der Waals surface area contributed by atoms with Crippen LogP contribution < -0.4 is 5.32 Å². The van der Waals surface area contributed by atoms with Crippen LogP contribution in [0.15, 0.2) is 0 Å². The SMILES string of the molecule is CC#CCCC(CC1OCCO1)NCCC. The monoisotopic (exact) mass is 225 g/mol. The molecule has 1 heterocycles. The van der Waals surface area contributed by atoms with Crippen molar-refractivity contribution in [1.29, 1.82) is 0 Å². The quantitative estimate of drug-likeness (QED) is 0.671. The van der Waals surface area contributed by atoms with E-state index < -0.39 is 0 Å². The normalized spacial score (nSPS) is 18.1. The highest BCUT2D eigenvalue weighted by Gasteiger charge is 2.20. The van der Waals surface area contributed by atoms with Crippen LogP contribution in [0.2, 0.25) is 0 Å². The van der Waals surface area contributed by atoms with Gasteiger partial charge in [-0.1, -0.05) is 6.92 Å². The lowest BCUT2D eigenvalue weighted by Gasteiger charge is -2.20. The molecule has 3 nitrogen and oxygen atoms in total. The zero-order valence-electron chi connectivity index (χ0n) is 10.4. The predicted octanol–water partition coefficient (Wildman–Crippen LogP) is 1.92. The lowest BCUT2D eigenvalue weighted by molar-refractivity contribution is -0.0530. The molecule has 0 radical (unpaired) electrons. The Morgan fingerprint density at radius 2 is 2.12 bits per heavy atom. The summed E-state index contributed by atoms with van der Waals surface area (Å²) in [5.41, 5.74) is 0. The van der Waals surface area contributed by atoms with Crippen molar-refractivity contribution in [3.63, 3.8) is 0 Å². The summed E-state index contributed by atoms with van der Waals surface area (Å²) in [5, 5.41) is 3.53. The van der Waals surface area contributed by atoms with Gasteiger partial charge >= 0.3 is 0 Å². The van der Waals surface area contributed by atoms with Crippen LogP contribution in [0.4, 0.5) is 0 Å². The predicted molar refractivity (Wildman–Crippen MR) is 65.1 cm³/mol. The van der Waals surface area contributed by atoms with Gasteiger partial charge in [0.15, 0.2) is 6.29 Å². The minimum Gasteiger partial charge on any atom is -0.350 e. The van der Waals surface area contributed by atoms with Gasteiger partial charge in [-0.15, -0.1) is 11.8 Å². The molecule has 0 aromatic carbocycles. The third-order valence-electron chi connectivity index (χ3n) is 2.65. The Bertz CT molecular complexity index is 226. The first-order valence-electron chi connectivity index (χ1n) is 6.23. The highest BCUT2D eigenvalue weighted by molar-refractivity contribution is 4.95. The van der Waals surface area contributed by atoms with Crippen molar-refractivity contribution in [3.8, 4) is 11.8 Å². The van der Waals surface area contributed by atoms with Crippen LogP contribution in [0.1, 0.15) is 39.5 Å². The molecular weight excluding hydrogens is 202 g/mol. The summed E-state index contributed by atoms with van der Waals surface area (Å²) in [7, 11) is 0. The van der Waals surface area contributed by atoms with Crippen molar-refractivity contribution in [2.24, 2.45) is 0 Å². The van der Waals surface area contributed by atoms with Crippen molar-refractivity contribution in [3.05, 3.63) is 0 Å². The van der Waals surface area contributed by atoms with Crippen LogP contribution in [0.5, 0.6) is 0 Å². The summed E-state index contributed by atoms with van der Waals surface area (Å²) < 4.78 is 10.9. The largest absolute Gasteiger partial charge is 0.350 e. The Hall–Kier alpha value is -0.560. The van der Waals surface area contributed by atoms with Crippen molar-refractivity contribution in [1.82, 2.24) is 5.32 Å². The zero-order chi connectivity index (χ0) is 11.6. The van der Waals surface area contributed by atoms with Crippen molar-refractivity contribution in [2.45, 2.75) is 51.9 Å². The average molecular weight is 225 g/mol. The second-order valence-electron chi connectivity index (χ2n) is 4.02. The molecule has 1 N–H and O–H groups in total. The fraction of sp³-hybridized carbons (Fsp3) is 0.846. The summed E-state index contributed by atoms with van der Waals surface area (Å²) in [5.74, 6) is 6.04. The lowest BCUT2D eigenvalue weighted by Crippen LogP contribution is -2.33. The van der Waals surface area contributed by atoms with Crippen molar-refractivity contribution in [2.75, 3.05) is 19.8 Å². The summed E-state index contributed by atoms with van der Waals surface area (Å²) in [6.07, 6.45) is 4.10. The Balaban J connectivity index is 2.25. The van der Waals surface area contributed by atoms with Crippen LogP contribution in [0.25, 0.3) is 0 Å². The molecule has 1 fully saturated rings. The Morgan fingerprint density at radius 3 is 2.75 bits per heavy atom. The average Bonchev–Trinajstić information content (AvgIpc) is 2.78. The summed E-state index contributed by atoms with van der Waals surface area (Å²) in [4.78, 5) is 0. The van der Waals surface area contributed by atoms with Gasteiger partial charge in [-0.3, -0.25) is 0 Å². The second kappa shape index (κ2) is 8.58. The lowest BCUT2D eigenvalue weighted by atomic mass is 10.1. The Labute approximate surface area is 98.9 Å². The molecule has 0 spiro atoms. The third kappa shape index (κ3) is 5.50. The number of ether oxygens (including phenoxy) is 2. The Kier molecular flexibility index (Phi) is 7.24. The molecule has 0 bridgehead atoms. The molecule has 1 aliphatic heterocycles. The molecule has 0 aliphatic carbocycles. The van der Waals surface area contributed by atoms with Crippen LogP contribution in [-0.4, -0.2) is 32.1 Å². The van der Waals surface area contributed by atoms with Gasteiger partial charge in [-0.2, -0.15) is 0 Å². The van der Waals surface area contributed by atoms with Gasteiger partial charge in [0.05, 0.1) is 13.2 Å². The standard InChI is InChI=1S/C13H23NO2/c1-3-5-6-7-12(14-8-4-2)11-13-15-9-10-16-13/h12-14H,4,6-11H2,1-2H3. The first-order valence-corrected chi connectivity index (χ1v) is 6.23. The highest BCUT2D eigenvalue weighted by atomic mass is 16.7. The van der Waals surface area contributed by atoms with E-state index in [1.54, 1.807) is 0 Å². The van der Waals surface area contributed by atoms with E-state index in [-0.39, 0.29) is 6.29 Å².